The number of ether oxygens (including phenoxy) is 1. The largest absolute Gasteiger partial charge is 0.495 e. The summed E-state index contributed by atoms with van der Waals surface area (Å²) in [6.07, 6.45) is 5.61. The SMILES string of the molecule is COc1cc(N(CCO)C2CCCCC2)c(F)cc1N. The Labute approximate surface area is 119 Å². The zero-order chi connectivity index (χ0) is 14.5. The van der Waals surface area contributed by atoms with Crippen LogP contribution in [0, 0.1) is 5.82 Å². The normalized spacial score (nSPS) is 16.1. The number of hydrogen-bond acceptors (Lipinski definition) is 4. The molecule has 0 spiro atoms. The average molecular weight is 282 g/mol. The Morgan fingerprint density at radius 3 is 2.65 bits per heavy atom. The van der Waals surface area contributed by atoms with Crippen molar-refractivity contribution >= 4 is 11.4 Å². The molecule has 1 aromatic rings. The van der Waals surface area contributed by atoms with Gasteiger partial charge in [0, 0.05) is 24.7 Å². The highest BCUT2D eigenvalue weighted by Crippen LogP contribution is 2.34. The van der Waals surface area contributed by atoms with Crippen LogP contribution in [0.2, 0.25) is 0 Å². The first-order valence-electron chi connectivity index (χ1n) is 7.18. The molecule has 2 rings (SSSR count). The fourth-order valence-corrected chi connectivity index (χ4v) is 2.96. The molecule has 1 fully saturated rings. The van der Waals surface area contributed by atoms with E-state index in [2.05, 4.69) is 0 Å². The highest BCUT2D eigenvalue weighted by molar-refractivity contribution is 5.63. The van der Waals surface area contributed by atoms with E-state index < -0.39 is 0 Å². The second-order valence-corrected chi connectivity index (χ2v) is 5.25. The van der Waals surface area contributed by atoms with Crippen molar-refractivity contribution in [2.45, 2.75) is 38.1 Å². The van der Waals surface area contributed by atoms with Crippen LogP contribution >= 0.6 is 0 Å². The third-order valence-corrected chi connectivity index (χ3v) is 3.96. The Morgan fingerprint density at radius 1 is 1.35 bits per heavy atom. The highest BCUT2D eigenvalue weighted by Gasteiger charge is 2.24. The lowest BCUT2D eigenvalue weighted by molar-refractivity contribution is 0.289. The first kappa shape index (κ1) is 14.9. The molecule has 0 unspecified atom stereocenters. The van der Waals surface area contributed by atoms with Crippen LogP contribution in [0.4, 0.5) is 15.8 Å². The zero-order valence-electron chi connectivity index (χ0n) is 11.9. The van der Waals surface area contributed by atoms with E-state index in [9.17, 15) is 9.50 Å². The number of nitrogens with two attached hydrogens (primary N) is 1. The molecule has 0 bridgehead atoms. The predicted octanol–water partition coefficient (Wildman–Crippen LogP) is 2.55. The summed E-state index contributed by atoms with van der Waals surface area (Å²) in [5.74, 6) is 0.113. The first-order chi connectivity index (χ1) is 9.67. The molecule has 1 saturated carbocycles. The maximum atomic E-state index is 14.2. The fourth-order valence-electron chi connectivity index (χ4n) is 2.96. The summed E-state index contributed by atoms with van der Waals surface area (Å²) in [6, 6.07) is 3.20. The van der Waals surface area contributed by atoms with Crippen molar-refractivity contribution in [3.63, 3.8) is 0 Å². The number of nitrogens with zero attached hydrogens (tertiary/aromatic N) is 1. The molecule has 3 N–H and O–H groups in total. The van der Waals surface area contributed by atoms with Gasteiger partial charge in [0.2, 0.25) is 0 Å². The Morgan fingerprint density at radius 2 is 2.05 bits per heavy atom. The van der Waals surface area contributed by atoms with E-state index >= 15 is 0 Å². The van der Waals surface area contributed by atoms with Gasteiger partial charge in [0.1, 0.15) is 11.6 Å². The van der Waals surface area contributed by atoms with Gasteiger partial charge in [0.25, 0.3) is 0 Å². The number of anilines is 2. The average Bonchev–Trinajstić information content (AvgIpc) is 2.46. The summed E-state index contributed by atoms with van der Waals surface area (Å²) in [6.45, 7) is 0.428. The van der Waals surface area contributed by atoms with Gasteiger partial charge >= 0.3 is 0 Å². The van der Waals surface area contributed by atoms with Gasteiger partial charge in [0.15, 0.2) is 0 Å². The molecule has 112 valence electrons. The van der Waals surface area contributed by atoms with Crippen molar-refractivity contribution in [3.8, 4) is 5.75 Å². The van der Waals surface area contributed by atoms with Gasteiger partial charge in [-0.15, -0.1) is 0 Å². The Hall–Kier alpha value is -1.49. The lowest BCUT2D eigenvalue weighted by Crippen LogP contribution is -2.39. The molecule has 0 radical (unpaired) electrons. The third kappa shape index (κ3) is 3.15. The van der Waals surface area contributed by atoms with Gasteiger partial charge in [-0.3, -0.25) is 0 Å². The van der Waals surface area contributed by atoms with Gasteiger partial charge in [-0.25, -0.2) is 4.39 Å². The van der Waals surface area contributed by atoms with Crippen LogP contribution in [-0.2, 0) is 0 Å². The van der Waals surface area contributed by atoms with E-state index in [1.54, 1.807) is 6.07 Å². The van der Waals surface area contributed by atoms with Gasteiger partial charge in [0.05, 0.1) is 25.1 Å². The second-order valence-electron chi connectivity index (χ2n) is 5.25. The summed E-state index contributed by atoms with van der Waals surface area (Å²) in [4.78, 5) is 1.95. The number of nitrogen functional groups attached to an aromatic ring is 1. The minimum Gasteiger partial charge on any atom is -0.495 e. The van der Waals surface area contributed by atoms with Crippen LogP contribution in [0.5, 0.6) is 5.75 Å². The molecule has 0 aliphatic heterocycles. The topological polar surface area (TPSA) is 58.7 Å². The quantitative estimate of drug-likeness (QED) is 0.815. The molecular weight excluding hydrogens is 259 g/mol. The molecule has 20 heavy (non-hydrogen) atoms. The van der Waals surface area contributed by atoms with Crippen molar-refractivity contribution in [1.29, 1.82) is 0 Å². The molecule has 1 aromatic carbocycles. The maximum absolute atomic E-state index is 14.2. The molecule has 5 heteroatoms. The number of methoxy groups -OCH3 is 1. The van der Waals surface area contributed by atoms with E-state index in [1.165, 1.54) is 19.6 Å². The van der Waals surface area contributed by atoms with E-state index in [-0.39, 0.29) is 18.5 Å². The van der Waals surface area contributed by atoms with E-state index in [0.717, 1.165) is 25.7 Å². The summed E-state index contributed by atoms with van der Waals surface area (Å²) < 4.78 is 19.4. The van der Waals surface area contributed by atoms with Crippen LogP contribution < -0.4 is 15.4 Å². The molecule has 0 aromatic heterocycles. The summed E-state index contributed by atoms with van der Waals surface area (Å²) in [5.41, 5.74) is 6.48. The third-order valence-electron chi connectivity index (χ3n) is 3.96. The summed E-state index contributed by atoms with van der Waals surface area (Å²) in [5, 5.41) is 9.28. The molecule has 0 atom stereocenters. The molecule has 4 nitrogen and oxygen atoms in total. The number of hydrogen-bond donors (Lipinski definition) is 2. The van der Waals surface area contributed by atoms with Gasteiger partial charge < -0.3 is 20.5 Å². The standard InChI is InChI=1S/C15H23FN2O2/c1-20-15-10-14(12(16)9-13(15)17)18(7-8-19)11-5-3-2-4-6-11/h9-11,19H,2-8,17H2,1H3. The Bertz CT molecular complexity index is 448. The van der Waals surface area contributed by atoms with Crippen LogP contribution in [0.25, 0.3) is 0 Å². The van der Waals surface area contributed by atoms with Crippen molar-refractivity contribution in [3.05, 3.63) is 17.9 Å². The van der Waals surface area contributed by atoms with Crippen LogP contribution in [0.1, 0.15) is 32.1 Å². The Kier molecular flexibility index (Phi) is 5.06. The Balaban J connectivity index is 2.32. The number of aliphatic hydroxyl groups is 1. The lowest BCUT2D eigenvalue weighted by Gasteiger charge is -2.36. The van der Waals surface area contributed by atoms with Crippen LogP contribution in [0.15, 0.2) is 12.1 Å². The first-order valence-corrected chi connectivity index (χ1v) is 7.18. The molecule has 0 amide bonds. The molecule has 1 aliphatic carbocycles. The molecule has 0 saturated heterocycles. The maximum Gasteiger partial charge on any atom is 0.148 e. The van der Waals surface area contributed by atoms with E-state index in [1.807, 2.05) is 4.90 Å². The van der Waals surface area contributed by atoms with Crippen LogP contribution in [-0.4, -0.2) is 31.4 Å². The summed E-state index contributed by atoms with van der Waals surface area (Å²) in [7, 11) is 1.52. The summed E-state index contributed by atoms with van der Waals surface area (Å²) >= 11 is 0. The number of aliphatic hydroxyl groups excluding tert-OH is 1. The monoisotopic (exact) mass is 282 g/mol. The number of rotatable bonds is 5. The lowest BCUT2D eigenvalue weighted by atomic mass is 9.93. The number of halogens is 1. The van der Waals surface area contributed by atoms with E-state index in [0.29, 0.717) is 23.7 Å². The fraction of sp³-hybridized carbons (Fsp3) is 0.600. The minimum atomic E-state index is -0.359. The van der Waals surface area contributed by atoms with Crippen molar-refractivity contribution in [1.82, 2.24) is 0 Å². The highest BCUT2D eigenvalue weighted by atomic mass is 19.1. The van der Waals surface area contributed by atoms with Gasteiger partial charge in [-0.2, -0.15) is 0 Å². The number of benzene rings is 1. The molecular formula is C15H23FN2O2. The molecule has 0 heterocycles. The molecule has 1 aliphatic rings. The van der Waals surface area contributed by atoms with E-state index in [4.69, 9.17) is 10.5 Å². The van der Waals surface area contributed by atoms with Gasteiger partial charge in [-0.1, -0.05) is 19.3 Å². The van der Waals surface area contributed by atoms with Crippen LogP contribution in [0.3, 0.4) is 0 Å². The van der Waals surface area contributed by atoms with Gasteiger partial charge in [-0.05, 0) is 12.8 Å². The smallest absolute Gasteiger partial charge is 0.148 e. The van der Waals surface area contributed by atoms with Crippen molar-refractivity contribution in [2.75, 3.05) is 30.9 Å². The second kappa shape index (κ2) is 6.79. The zero-order valence-corrected chi connectivity index (χ0v) is 11.9. The predicted molar refractivity (Wildman–Crippen MR) is 78.7 cm³/mol. The van der Waals surface area contributed by atoms with Crippen molar-refractivity contribution in [2.24, 2.45) is 0 Å². The minimum absolute atomic E-state index is 0.00261. The van der Waals surface area contributed by atoms with Crippen molar-refractivity contribution < 1.29 is 14.2 Å².